The van der Waals surface area contributed by atoms with Gasteiger partial charge in [0, 0.05) is 19.3 Å². The highest BCUT2D eigenvalue weighted by molar-refractivity contribution is 5.76. The van der Waals surface area contributed by atoms with Crippen LogP contribution in [-0.4, -0.2) is 45.4 Å². The van der Waals surface area contributed by atoms with Crippen LogP contribution in [0.4, 0.5) is 0 Å². The summed E-state index contributed by atoms with van der Waals surface area (Å²) in [5.41, 5.74) is 6.41. The molecule has 20 heavy (non-hydrogen) atoms. The summed E-state index contributed by atoms with van der Waals surface area (Å²) < 4.78 is 1.65. The van der Waals surface area contributed by atoms with E-state index in [1.165, 1.54) is 6.42 Å². The number of amides is 1. The molecule has 0 saturated carbocycles. The Balaban J connectivity index is 1.81. The van der Waals surface area contributed by atoms with E-state index < -0.39 is 0 Å². The molecule has 1 aliphatic heterocycles. The first kappa shape index (κ1) is 15.0. The Hall–Kier alpha value is -1.43. The monoisotopic (exact) mass is 279 g/mol. The first-order chi connectivity index (χ1) is 9.69. The van der Waals surface area contributed by atoms with Crippen molar-refractivity contribution in [1.29, 1.82) is 0 Å². The molecule has 1 fully saturated rings. The van der Waals surface area contributed by atoms with Crippen molar-refractivity contribution >= 4 is 5.91 Å². The summed E-state index contributed by atoms with van der Waals surface area (Å²) in [5, 5.41) is 8.14. The van der Waals surface area contributed by atoms with Crippen LogP contribution in [0.25, 0.3) is 0 Å². The molecule has 0 bridgehead atoms. The molecular weight excluding hydrogens is 254 g/mol. The van der Waals surface area contributed by atoms with Crippen LogP contribution in [0.3, 0.4) is 0 Å². The number of aryl methyl sites for hydroxylation is 1. The van der Waals surface area contributed by atoms with Crippen molar-refractivity contribution in [3.05, 3.63) is 11.9 Å². The molecule has 1 atom stereocenters. The average molecular weight is 279 g/mol. The minimum Gasteiger partial charge on any atom is -0.341 e. The van der Waals surface area contributed by atoms with Gasteiger partial charge in [0.05, 0.1) is 5.69 Å². The molecular formula is C14H25N5O. The van der Waals surface area contributed by atoms with Crippen LogP contribution < -0.4 is 5.73 Å². The van der Waals surface area contributed by atoms with Crippen molar-refractivity contribution < 1.29 is 4.79 Å². The largest absolute Gasteiger partial charge is 0.341 e. The Morgan fingerprint density at radius 3 is 3.10 bits per heavy atom. The van der Waals surface area contributed by atoms with E-state index in [9.17, 15) is 4.79 Å². The second kappa shape index (κ2) is 7.38. The molecule has 2 heterocycles. The summed E-state index contributed by atoms with van der Waals surface area (Å²) in [4.78, 5) is 14.2. The Kier molecular flexibility index (Phi) is 5.52. The minimum atomic E-state index is 0.148. The number of carbonyl (C=O) groups is 1. The molecule has 112 valence electrons. The number of piperidine rings is 1. The van der Waals surface area contributed by atoms with Gasteiger partial charge in [-0.05, 0) is 44.6 Å². The number of nitrogens with two attached hydrogens (primary N) is 1. The first-order valence-electron chi connectivity index (χ1n) is 7.56. The zero-order valence-electron chi connectivity index (χ0n) is 12.3. The summed E-state index contributed by atoms with van der Waals surface area (Å²) in [5.74, 6) is 0.755. The van der Waals surface area contributed by atoms with Crippen molar-refractivity contribution in [2.75, 3.05) is 19.6 Å². The van der Waals surface area contributed by atoms with Crippen molar-refractivity contribution in [2.45, 2.75) is 45.6 Å². The SMILES string of the molecule is CC1CCCN(C(=O)Cn2cc(CCCCN)nn2)C1. The second-order valence-electron chi connectivity index (χ2n) is 5.74. The van der Waals surface area contributed by atoms with Gasteiger partial charge in [0.1, 0.15) is 6.54 Å². The zero-order chi connectivity index (χ0) is 14.4. The van der Waals surface area contributed by atoms with Gasteiger partial charge in [0.2, 0.25) is 5.91 Å². The number of aromatic nitrogens is 3. The van der Waals surface area contributed by atoms with Crippen LogP contribution in [-0.2, 0) is 17.8 Å². The van der Waals surface area contributed by atoms with Gasteiger partial charge in [-0.25, -0.2) is 4.68 Å². The summed E-state index contributed by atoms with van der Waals surface area (Å²) in [6, 6.07) is 0. The Labute approximate surface area is 120 Å². The van der Waals surface area contributed by atoms with Gasteiger partial charge in [0.15, 0.2) is 0 Å². The molecule has 6 nitrogen and oxygen atoms in total. The van der Waals surface area contributed by atoms with E-state index in [0.29, 0.717) is 19.0 Å². The van der Waals surface area contributed by atoms with E-state index in [-0.39, 0.29) is 5.91 Å². The number of nitrogens with zero attached hydrogens (tertiary/aromatic N) is 4. The van der Waals surface area contributed by atoms with Crippen LogP contribution in [0.15, 0.2) is 6.20 Å². The predicted molar refractivity (Wildman–Crippen MR) is 77.0 cm³/mol. The summed E-state index contributed by atoms with van der Waals surface area (Å²) in [6.07, 6.45) is 7.10. The van der Waals surface area contributed by atoms with Crippen LogP contribution in [0.2, 0.25) is 0 Å². The minimum absolute atomic E-state index is 0.148. The third kappa shape index (κ3) is 4.30. The Bertz CT molecular complexity index is 431. The third-order valence-corrected chi connectivity index (χ3v) is 3.78. The fourth-order valence-corrected chi connectivity index (χ4v) is 2.64. The zero-order valence-corrected chi connectivity index (χ0v) is 12.3. The average Bonchev–Trinajstić information content (AvgIpc) is 2.86. The van der Waals surface area contributed by atoms with Crippen LogP contribution in [0, 0.1) is 5.92 Å². The van der Waals surface area contributed by atoms with Gasteiger partial charge in [0.25, 0.3) is 0 Å². The lowest BCUT2D eigenvalue weighted by Gasteiger charge is -2.30. The maximum absolute atomic E-state index is 12.2. The van der Waals surface area contributed by atoms with Crippen LogP contribution >= 0.6 is 0 Å². The fraction of sp³-hybridized carbons (Fsp3) is 0.786. The smallest absolute Gasteiger partial charge is 0.244 e. The molecule has 0 radical (unpaired) electrons. The van der Waals surface area contributed by atoms with E-state index >= 15 is 0 Å². The van der Waals surface area contributed by atoms with E-state index in [4.69, 9.17) is 5.73 Å². The molecule has 6 heteroatoms. The lowest BCUT2D eigenvalue weighted by Crippen LogP contribution is -2.40. The summed E-state index contributed by atoms with van der Waals surface area (Å²) >= 11 is 0. The summed E-state index contributed by atoms with van der Waals surface area (Å²) in [7, 11) is 0. The molecule has 2 N–H and O–H groups in total. The van der Waals surface area contributed by atoms with Gasteiger partial charge < -0.3 is 10.6 Å². The molecule has 0 aromatic carbocycles. The highest BCUT2D eigenvalue weighted by atomic mass is 16.2. The third-order valence-electron chi connectivity index (χ3n) is 3.78. The number of carbonyl (C=O) groups excluding carboxylic acids is 1. The van der Waals surface area contributed by atoms with Crippen molar-refractivity contribution in [3.8, 4) is 0 Å². The number of unbranched alkanes of at least 4 members (excludes halogenated alkanes) is 1. The van der Waals surface area contributed by atoms with Gasteiger partial charge >= 0.3 is 0 Å². The van der Waals surface area contributed by atoms with Gasteiger partial charge in [-0.2, -0.15) is 0 Å². The Morgan fingerprint density at radius 2 is 2.35 bits per heavy atom. The molecule has 1 amide bonds. The van der Waals surface area contributed by atoms with Crippen molar-refractivity contribution in [1.82, 2.24) is 19.9 Å². The van der Waals surface area contributed by atoms with E-state index in [0.717, 1.165) is 44.5 Å². The van der Waals surface area contributed by atoms with Crippen LogP contribution in [0.5, 0.6) is 0 Å². The highest BCUT2D eigenvalue weighted by Crippen LogP contribution is 2.15. The van der Waals surface area contributed by atoms with Crippen molar-refractivity contribution in [3.63, 3.8) is 0 Å². The standard InChI is InChI=1S/C14H25N5O/c1-12-5-4-8-18(9-12)14(20)11-19-10-13(16-17-19)6-2-3-7-15/h10,12H,2-9,11,15H2,1H3. The molecule has 1 unspecified atom stereocenters. The molecule has 0 aliphatic carbocycles. The van der Waals surface area contributed by atoms with Gasteiger partial charge in [-0.1, -0.05) is 12.1 Å². The molecule has 1 aliphatic rings. The number of likely N-dealkylation sites (tertiary alicyclic amines) is 1. The lowest BCUT2D eigenvalue weighted by atomic mass is 10.0. The number of hydrogen-bond acceptors (Lipinski definition) is 4. The second-order valence-corrected chi connectivity index (χ2v) is 5.74. The molecule has 1 saturated heterocycles. The van der Waals surface area contributed by atoms with E-state index in [2.05, 4.69) is 17.2 Å². The normalized spacial score (nSPS) is 19.3. The molecule has 1 aromatic rings. The van der Waals surface area contributed by atoms with E-state index in [1.807, 2.05) is 11.1 Å². The molecule has 1 aromatic heterocycles. The maximum atomic E-state index is 12.2. The Morgan fingerprint density at radius 1 is 1.50 bits per heavy atom. The van der Waals surface area contributed by atoms with Gasteiger partial charge in [-0.15, -0.1) is 5.10 Å². The molecule has 0 spiro atoms. The van der Waals surface area contributed by atoms with Gasteiger partial charge in [-0.3, -0.25) is 4.79 Å². The lowest BCUT2D eigenvalue weighted by molar-refractivity contribution is -0.133. The quantitative estimate of drug-likeness (QED) is 0.782. The number of hydrogen-bond donors (Lipinski definition) is 1. The van der Waals surface area contributed by atoms with Crippen LogP contribution in [0.1, 0.15) is 38.3 Å². The van der Waals surface area contributed by atoms with Crippen molar-refractivity contribution in [2.24, 2.45) is 11.7 Å². The highest BCUT2D eigenvalue weighted by Gasteiger charge is 2.21. The van der Waals surface area contributed by atoms with E-state index in [1.54, 1.807) is 4.68 Å². The first-order valence-corrected chi connectivity index (χ1v) is 7.56. The summed E-state index contributed by atoms with van der Waals surface area (Å²) in [6.45, 7) is 4.96. The topological polar surface area (TPSA) is 77.0 Å². The fourth-order valence-electron chi connectivity index (χ4n) is 2.64. The number of rotatable bonds is 6. The predicted octanol–water partition coefficient (Wildman–Crippen LogP) is 0.818. The maximum Gasteiger partial charge on any atom is 0.244 e. The molecule has 2 rings (SSSR count).